The van der Waals surface area contributed by atoms with Crippen LogP contribution in [0.1, 0.15) is 10.5 Å². The van der Waals surface area contributed by atoms with Crippen molar-refractivity contribution in [2.75, 3.05) is 6.54 Å². The molecule has 0 spiro atoms. The van der Waals surface area contributed by atoms with E-state index < -0.39 is 0 Å². The molecule has 82 valence electrons. The Balaban J connectivity index is 2.45. The number of nitrogens with one attached hydrogen (secondary N) is 1. The van der Waals surface area contributed by atoms with Crippen LogP contribution in [0.25, 0.3) is 10.9 Å². The zero-order chi connectivity index (χ0) is 11.3. The van der Waals surface area contributed by atoms with Gasteiger partial charge in [0.2, 0.25) is 0 Å². The lowest BCUT2D eigenvalue weighted by Gasteiger charge is -2.16. The summed E-state index contributed by atoms with van der Waals surface area (Å²) < 4.78 is 3.11. The van der Waals surface area contributed by atoms with E-state index in [1.165, 1.54) is 4.68 Å². The lowest BCUT2D eigenvalue weighted by Crippen LogP contribution is -2.34. The van der Waals surface area contributed by atoms with Crippen LogP contribution < -0.4 is 10.9 Å². The number of nitrogens with zero attached hydrogens (tertiary/aromatic N) is 3. The Morgan fingerprint density at radius 3 is 3.06 bits per heavy atom. The fourth-order valence-corrected chi connectivity index (χ4v) is 2.04. The van der Waals surface area contributed by atoms with Crippen molar-refractivity contribution in [2.45, 2.75) is 6.54 Å². The van der Waals surface area contributed by atoms with Gasteiger partial charge in [0.05, 0.1) is 17.1 Å². The van der Waals surface area contributed by atoms with Crippen LogP contribution in [-0.4, -0.2) is 26.8 Å². The third-order valence-corrected chi connectivity index (χ3v) is 2.87. The van der Waals surface area contributed by atoms with Gasteiger partial charge >= 0.3 is 0 Å². The molecule has 3 rings (SSSR count). The molecule has 1 amide bonds. The van der Waals surface area contributed by atoms with Gasteiger partial charge in [0, 0.05) is 20.1 Å². The van der Waals surface area contributed by atoms with Crippen molar-refractivity contribution >= 4 is 16.8 Å². The van der Waals surface area contributed by atoms with E-state index in [4.69, 9.17) is 0 Å². The van der Waals surface area contributed by atoms with Gasteiger partial charge in [0.1, 0.15) is 5.69 Å². The standard InChI is InChI=1S/C10H10N4O2/c1-13-10(16)6-4-7-9(15)11-2-3-14(7)8(6)5-12-13/h4-5H,2-3H2,1H3,(H,11,15). The fraction of sp³-hybridized carbons (Fsp3) is 0.300. The molecule has 0 saturated carbocycles. The summed E-state index contributed by atoms with van der Waals surface area (Å²) in [5.41, 5.74) is 1.09. The molecular weight excluding hydrogens is 208 g/mol. The van der Waals surface area contributed by atoms with E-state index in [-0.39, 0.29) is 11.5 Å². The molecule has 0 fully saturated rings. The van der Waals surface area contributed by atoms with Gasteiger partial charge in [-0.05, 0) is 6.07 Å². The largest absolute Gasteiger partial charge is 0.349 e. The van der Waals surface area contributed by atoms with Crippen LogP contribution in [0.2, 0.25) is 0 Å². The minimum absolute atomic E-state index is 0.135. The van der Waals surface area contributed by atoms with Gasteiger partial charge in [0.25, 0.3) is 11.5 Å². The maximum Gasteiger partial charge on any atom is 0.275 e. The Morgan fingerprint density at radius 2 is 2.25 bits per heavy atom. The summed E-state index contributed by atoms with van der Waals surface area (Å²) in [4.78, 5) is 23.4. The Hall–Kier alpha value is -2.11. The topological polar surface area (TPSA) is 68.9 Å². The first-order valence-electron chi connectivity index (χ1n) is 5.02. The highest BCUT2D eigenvalue weighted by molar-refractivity contribution is 5.99. The van der Waals surface area contributed by atoms with Crippen LogP contribution >= 0.6 is 0 Å². The van der Waals surface area contributed by atoms with Crippen molar-refractivity contribution in [1.29, 1.82) is 0 Å². The maximum atomic E-state index is 11.8. The summed E-state index contributed by atoms with van der Waals surface area (Å²) in [6.07, 6.45) is 1.62. The number of hydrogen-bond donors (Lipinski definition) is 1. The van der Waals surface area contributed by atoms with Gasteiger partial charge in [0.15, 0.2) is 0 Å². The molecule has 3 heterocycles. The minimum atomic E-state index is -0.174. The van der Waals surface area contributed by atoms with E-state index in [0.717, 1.165) is 5.52 Å². The normalized spacial score (nSPS) is 14.9. The molecule has 1 N–H and O–H groups in total. The van der Waals surface area contributed by atoms with E-state index in [0.29, 0.717) is 24.2 Å². The van der Waals surface area contributed by atoms with Crippen molar-refractivity contribution in [2.24, 2.45) is 7.05 Å². The molecule has 2 aromatic heterocycles. The van der Waals surface area contributed by atoms with Crippen LogP contribution in [0.15, 0.2) is 17.1 Å². The Labute approximate surface area is 90.5 Å². The van der Waals surface area contributed by atoms with E-state index >= 15 is 0 Å². The molecule has 0 radical (unpaired) electrons. The summed E-state index contributed by atoms with van der Waals surface area (Å²) in [5.74, 6) is -0.135. The summed E-state index contributed by atoms with van der Waals surface area (Å²) in [7, 11) is 1.60. The zero-order valence-electron chi connectivity index (χ0n) is 8.73. The third kappa shape index (κ3) is 1.04. The Bertz CT molecular complexity index is 653. The van der Waals surface area contributed by atoms with E-state index in [9.17, 15) is 9.59 Å². The molecule has 1 aliphatic heterocycles. The first kappa shape index (κ1) is 9.14. The van der Waals surface area contributed by atoms with Crippen molar-refractivity contribution in [1.82, 2.24) is 19.7 Å². The zero-order valence-corrected chi connectivity index (χ0v) is 8.73. The molecular formula is C10H10N4O2. The first-order valence-corrected chi connectivity index (χ1v) is 5.02. The number of aromatic nitrogens is 3. The van der Waals surface area contributed by atoms with E-state index in [1.807, 2.05) is 4.57 Å². The number of fused-ring (bicyclic) bond motifs is 3. The third-order valence-electron chi connectivity index (χ3n) is 2.87. The minimum Gasteiger partial charge on any atom is -0.349 e. The Kier molecular flexibility index (Phi) is 1.68. The number of rotatable bonds is 0. The van der Waals surface area contributed by atoms with Crippen molar-refractivity contribution in [3.8, 4) is 0 Å². The predicted octanol–water partition coefficient (Wildman–Crippen LogP) is -0.522. The molecule has 0 aromatic carbocycles. The molecule has 0 unspecified atom stereocenters. The molecule has 16 heavy (non-hydrogen) atoms. The number of carbonyl (C=O) groups excluding carboxylic acids is 1. The molecule has 6 nitrogen and oxygen atoms in total. The smallest absolute Gasteiger partial charge is 0.275 e. The SMILES string of the molecule is Cn1ncc2c(cc3n2CCNC3=O)c1=O. The van der Waals surface area contributed by atoms with Gasteiger partial charge in [-0.2, -0.15) is 5.10 Å². The van der Waals surface area contributed by atoms with Crippen molar-refractivity contribution in [3.05, 3.63) is 28.3 Å². The first-order chi connectivity index (χ1) is 7.68. The summed E-state index contributed by atoms with van der Waals surface area (Å²) in [5, 5.41) is 7.25. The van der Waals surface area contributed by atoms with Crippen molar-refractivity contribution in [3.63, 3.8) is 0 Å². The molecule has 0 saturated heterocycles. The number of aryl methyl sites for hydroxylation is 1. The maximum absolute atomic E-state index is 11.8. The Morgan fingerprint density at radius 1 is 1.44 bits per heavy atom. The second-order valence-electron chi connectivity index (χ2n) is 3.81. The number of hydrogen-bond acceptors (Lipinski definition) is 3. The average Bonchev–Trinajstić information content (AvgIpc) is 2.65. The molecule has 1 aliphatic rings. The number of carbonyl (C=O) groups is 1. The van der Waals surface area contributed by atoms with Crippen LogP contribution in [0, 0.1) is 0 Å². The second-order valence-corrected chi connectivity index (χ2v) is 3.81. The van der Waals surface area contributed by atoms with Crippen LogP contribution in [-0.2, 0) is 13.6 Å². The highest BCUT2D eigenvalue weighted by Gasteiger charge is 2.20. The van der Waals surface area contributed by atoms with Gasteiger partial charge in [-0.15, -0.1) is 0 Å². The summed E-state index contributed by atoms with van der Waals surface area (Å²) in [6.45, 7) is 1.27. The predicted molar refractivity (Wildman–Crippen MR) is 57.3 cm³/mol. The van der Waals surface area contributed by atoms with Gasteiger partial charge in [-0.25, -0.2) is 4.68 Å². The van der Waals surface area contributed by atoms with E-state index in [1.54, 1.807) is 19.3 Å². The van der Waals surface area contributed by atoms with E-state index in [2.05, 4.69) is 10.4 Å². The average molecular weight is 218 g/mol. The summed E-state index contributed by atoms with van der Waals surface area (Å²) >= 11 is 0. The fourth-order valence-electron chi connectivity index (χ4n) is 2.04. The van der Waals surface area contributed by atoms with Gasteiger partial charge < -0.3 is 9.88 Å². The highest BCUT2D eigenvalue weighted by atomic mass is 16.2. The molecule has 0 atom stereocenters. The van der Waals surface area contributed by atoms with Crippen molar-refractivity contribution < 1.29 is 4.79 Å². The van der Waals surface area contributed by atoms with Gasteiger partial charge in [-0.3, -0.25) is 9.59 Å². The highest BCUT2D eigenvalue weighted by Crippen LogP contribution is 2.17. The van der Waals surface area contributed by atoms with Crippen LogP contribution in [0.4, 0.5) is 0 Å². The molecule has 6 heteroatoms. The lowest BCUT2D eigenvalue weighted by atomic mass is 10.3. The van der Waals surface area contributed by atoms with Crippen LogP contribution in [0.5, 0.6) is 0 Å². The summed E-state index contributed by atoms with van der Waals surface area (Å²) in [6, 6.07) is 1.63. The molecule has 0 aliphatic carbocycles. The molecule has 0 bridgehead atoms. The number of amides is 1. The van der Waals surface area contributed by atoms with Gasteiger partial charge in [-0.1, -0.05) is 0 Å². The quantitative estimate of drug-likeness (QED) is 0.646. The van der Waals surface area contributed by atoms with Crippen LogP contribution in [0.3, 0.4) is 0 Å². The lowest BCUT2D eigenvalue weighted by molar-refractivity contribution is 0.0929. The second kappa shape index (κ2) is 2.94. The monoisotopic (exact) mass is 218 g/mol. The molecule has 2 aromatic rings.